The van der Waals surface area contributed by atoms with E-state index in [-0.39, 0.29) is 18.2 Å². The van der Waals surface area contributed by atoms with Crippen molar-refractivity contribution in [3.05, 3.63) is 23.9 Å². The summed E-state index contributed by atoms with van der Waals surface area (Å²) in [6.07, 6.45) is 1.65. The second kappa shape index (κ2) is 4.56. The van der Waals surface area contributed by atoms with Crippen LogP contribution in [-0.2, 0) is 0 Å². The molecule has 1 aromatic heterocycles. The summed E-state index contributed by atoms with van der Waals surface area (Å²) in [6, 6.07) is 3.50. The summed E-state index contributed by atoms with van der Waals surface area (Å²) in [5, 5.41) is 10.0. The molecule has 1 heterocycles. The van der Waals surface area contributed by atoms with Crippen molar-refractivity contribution in [3.8, 4) is 0 Å². The standard InChI is InChI=1S/C7H10N4.ClH/c1-10-7-5(6(8)9)3-2-4-11-7;/h2-4H,1H3,(H3,8,9)(H,10,11);1H. The van der Waals surface area contributed by atoms with Gasteiger partial charge in [-0.1, -0.05) is 0 Å². The molecule has 0 saturated heterocycles. The maximum absolute atomic E-state index is 7.18. The van der Waals surface area contributed by atoms with E-state index in [1.165, 1.54) is 0 Å². The minimum Gasteiger partial charge on any atom is -0.384 e. The first kappa shape index (κ1) is 10.7. The van der Waals surface area contributed by atoms with Gasteiger partial charge in [-0.2, -0.15) is 0 Å². The molecule has 0 fully saturated rings. The van der Waals surface area contributed by atoms with Crippen molar-refractivity contribution in [2.45, 2.75) is 0 Å². The molecule has 12 heavy (non-hydrogen) atoms. The van der Waals surface area contributed by atoms with Gasteiger partial charge in [0.05, 0.1) is 5.56 Å². The molecule has 1 aromatic rings. The Bertz CT molecular complexity index is 274. The van der Waals surface area contributed by atoms with Crippen molar-refractivity contribution >= 4 is 24.1 Å². The van der Waals surface area contributed by atoms with Crippen LogP contribution < -0.4 is 11.1 Å². The number of hydrogen-bond donors (Lipinski definition) is 3. The molecule has 0 aliphatic rings. The summed E-state index contributed by atoms with van der Waals surface area (Å²) in [5.41, 5.74) is 5.93. The quantitative estimate of drug-likeness (QED) is 0.473. The largest absolute Gasteiger partial charge is 0.384 e. The highest BCUT2D eigenvalue weighted by atomic mass is 35.5. The normalized spacial score (nSPS) is 8.42. The zero-order valence-corrected chi connectivity index (χ0v) is 7.48. The molecule has 4 nitrogen and oxygen atoms in total. The van der Waals surface area contributed by atoms with Crippen LogP contribution in [0.25, 0.3) is 0 Å². The van der Waals surface area contributed by atoms with Gasteiger partial charge in [-0.05, 0) is 12.1 Å². The monoisotopic (exact) mass is 186 g/mol. The van der Waals surface area contributed by atoms with Crippen LogP contribution in [-0.4, -0.2) is 17.9 Å². The Morgan fingerprint density at radius 1 is 1.67 bits per heavy atom. The number of hydrogen-bond acceptors (Lipinski definition) is 3. The molecule has 5 heteroatoms. The number of aromatic nitrogens is 1. The number of nitrogen functional groups attached to an aromatic ring is 1. The molecular formula is C7H11ClN4. The number of anilines is 1. The number of amidine groups is 1. The Morgan fingerprint density at radius 2 is 2.33 bits per heavy atom. The first-order chi connectivity index (χ1) is 5.25. The van der Waals surface area contributed by atoms with Crippen molar-refractivity contribution in [1.82, 2.24) is 4.98 Å². The summed E-state index contributed by atoms with van der Waals surface area (Å²) >= 11 is 0. The molecule has 0 radical (unpaired) electrons. The second-order valence-corrected chi connectivity index (χ2v) is 2.06. The van der Waals surface area contributed by atoms with Crippen molar-refractivity contribution in [3.63, 3.8) is 0 Å². The molecule has 0 saturated carbocycles. The predicted octanol–water partition coefficient (Wildman–Crippen LogP) is 0.829. The van der Waals surface area contributed by atoms with E-state index in [4.69, 9.17) is 11.1 Å². The van der Waals surface area contributed by atoms with Gasteiger partial charge in [0.2, 0.25) is 0 Å². The Kier molecular flexibility index (Phi) is 4.07. The van der Waals surface area contributed by atoms with E-state index in [2.05, 4.69) is 10.3 Å². The van der Waals surface area contributed by atoms with Gasteiger partial charge in [-0.25, -0.2) is 4.98 Å². The van der Waals surface area contributed by atoms with E-state index in [1.54, 1.807) is 25.4 Å². The molecule has 0 bridgehead atoms. The third-order valence-corrected chi connectivity index (χ3v) is 1.33. The van der Waals surface area contributed by atoms with Gasteiger partial charge in [-0.3, -0.25) is 5.41 Å². The van der Waals surface area contributed by atoms with Crippen LogP contribution in [0.2, 0.25) is 0 Å². The third-order valence-electron chi connectivity index (χ3n) is 1.33. The third kappa shape index (κ3) is 2.10. The molecule has 66 valence electrons. The van der Waals surface area contributed by atoms with Crippen LogP contribution >= 0.6 is 12.4 Å². The lowest BCUT2D eigenvalue weighted by Gasteiger charge is -2.04. The Morgan fingerprint density at radius 3 is 2.75 bits per heavy atom. The van der Waals surface area contributed by atoms with Crippen LogP contribution in [0, 0.1) is 5.41 Å². The van der Waals surface area contributed by atoms with Gasteiger partial charge in [0.15, 0.2) is 0 Å². The van der Waals surface area contributed by atoms with E-state index in [0.29, 0.717) is 11.4 Å². The lowest BCUT2D eigenvalue weighted by atomic mass is 10.2. The minimum atomic E-state index is 0. The van der Waals surface area contributed by atoms with Crippen LogP contribution in [0.1, 0.15) is 5.56 Å². The van der Waals surface area contributed by atoms with Crippen LogP contribution in [0.4, 0.5) is 5.82 Å². The number of halogens is 1. The van der Waals surface area contributed by atoms with Crippen LogP contribution in [0.15, 0.2) is 18.3 Å². The fraction of sp³-hybridized carbons (Fsp3) is 0.143. The van der Waals surface area contributed by atoms with Crippen LogP contribution in [0.3, 0.4) is 0 Å². The van der Waals surface area contributed by atoms with Crippen molar-refractivity contribution < 1.29 is 0 Å². The van der Waals surface area contributed by atoms with E-state index in [0.717, 1.165) is 0 Å². The molecule has 0 spiro atoms. The van der Waals surface area contributed by atoms with Crippen molar-refractivity contribution in [2.24, 2.45) is 5.73 Å². The molecule has 0 unspecified atom stereocenters. The molecule has 0 amide bonds. The zero-order chi connectivity index (χ0) is 8.27. The lowest BCUT2D eigenvalue weighted by molar-refractivity contribution is 1.26. The van der Waals surface area contributed by atoms with E-state index in [1.807, 2.05) is 0 Å². The Balaban J connectivity index is 0.00000121. The van der Waals surface area contributed by atoms with Gasteiger partial charge < -0.3 is 11.1 Å². The summed E-state index contributed by atoms with van der Waals surface area (Å²) in [7, 11) is 1.74. The molecule has 1 rings (SSSR count). The maximum atomic E-state index is 7.18. The minimum absolute atomic E-state index is 0. The summed E-state index contributed by atoms with van der Waals surface area (Å²) in [6.45, 7) is 0. The topological polar surface area (TPSA) is 74.8 Å². The molecule has 0 aliphatic heterocycles. The van der Waals surface area contributed by atoms with Crippen molar-refractivity contribution in [1.29, 1.82) is 5.41 Å². The number of nitrogens with zero attached hydrogens (tertiary/aromatic N) is 1. The first-order valence-corrected chi connectivity index (χ1v) is 3.23. The number of pyridine rings is 1. The fourth-order valence-corrected chi connectivity index (χ4v) is 0.822. The highest BCUT2D eigenvalue weighted by Gasteiger charge is 2.01. The van der Waals surface area contributed by atoms with Crippen molar-refractivity contribution in [2.75, 3.05) is 12.4 Å². The molecule has 0 aromatic carbocycles. The highest BCUT2D eigenvalue weighted by Crippen LogP contribution is 2.08. The van der Waals surface area contributed by atoms with Gasteiger partial charge in [-0.15, -0.1) is 12.4 Å². The van der Waals surface area contributed by atoms with Gasteiger partial charge in [0, 0.05) is 13.2 Å². The SMILES string of the molecule is CNc1ncccc1C(=N)N.Cl. The number of nitrogens with two attached hydrogens (primary N) is 1. The first-order valence-electron chi connectivity index (χ1n) is 3.23. The predicted molar refractivity (Wildman–Crippen MR) is 52.0 cm³/mol. The summed E-state index contributed by atoms with van der Waals surface area (Å²) < 4.78 is 0. The summed E-state index contributed by atoms with van der Waals surface area (Å²) in [5.74, 6) is 0.669. The summed E-state index contributed by atoms with van der Waals surface area (Å²) in [4.78, 5) is 3.99. The Hall–Kier alpha value is -1.29. The van der Waals surface area contributed by atoms with Gasteiger partial charge in [0.25, 0.3) is 0 Å². The maximum Gasteiger partial charge on any atom is 0.136 e. The smallest absolute Gasteiger partial charge is 0.136 e. The van der Waals surface area contributed by atoms with Crippen LogP contribution in [0.5, 0.6) is 0 Å². The fourth-order valence-electron chi connectivity index (χ4n) is 0.822. The molecule has 0 atom stereocenters. The lowest BCUT2D eigenvalue weighted by Crippen LogP contribution is -2.14. The molecule has 4 N–H and O–H groups in total. The van der Waals surface area contributed by atoms with Gasteiger partial charge in [0.1, 0.15) is 11.7 Å². The number of rotatable bonds is 2. The molecule has 0 aliphatic carbocycles. The number of nitrogens with one attached hydrogen (secondary N) is 2. The Labute approximate surface area is 77.1 Å². The average molecular weight is 187 g/mol. The average Bonchev–Trinajstić information content (AvgIpc) is 2.04. The second-order valence-electron chi connectivity index (χ2n) is 2.06. The van der Waals surface area contributed by atoms with Gasteiger partial charge >= 0.3 is 0 Å². The highest BCUT2D eigenvalue weighted by molar-refractivity contribution is 5.99. The molecular weight excluding hydrogens is 176 g/mol. The van der Waals surface area contributed by atoms with E-state index in [9.17, 15) is 0 Å². The zero-order valence-electron chi connectivity index (χ0n) is 6.66. The van der Waals surface area contributed by atoms with E-state index < -0.39 is 0 Å². The van der Waals surface area contributed by atoms with E-state index >= 15 is 0 Å².